The number of nitrogens with zero attached hydrogens (tertiary/aromatic N) is 1. The number of hydrogen-bond acceptors (Lipinski definition) is 3. The molecule has 4 heteroatoms. The lowest BCUT2D eigenvalue weighted by Crippen LogP contribution is -1.91. The van der Waals surface area contributed by atoms with Crippen molar-refractivity contribution in [2.24, 2.45) is 0 Å². The first kappa shape index (κ1) is 11.6. The molecule has 0 unspecified atom stereocenters. The molecule has 0 amide bonds. The molecule has 0 saturated carbocycles. The summed E-state index contributed by atoms with van der Waals surface area (Å²) >= 11 is 5.95. The molecule has 1 aromatic carbocycles. The van der Waals surface area contributed by atoms with Gasteiger partial charge >= 0.3 is 0 Å². The maximum atomic E-state index is 10.6. The summed E-state index contributed by atoms with van der Waals surface area (Å²) in [7, 11) is 1.55. The molecule has 2 aromatic rings. The van der Waals surface area contributed by atoms with Crippen molar-refractivity contribution in [1.82, 2.24) is 4.98 Å². The van der Waals surface area contributed by atoms with E-state index in [-0.39, 0.29) is 0 Å². The minimum atomic E-state index is 0.324. The summed E-state index contributed by atoms with van der Waals surface area (Å²) in [5.41, 5.74) is 2.41. The highest BCUT2D eigenvalue weighted by Crippen LogP contribution is 2.34. The van der Waals surface area contributed by atoms with Crippen molar-refractivity contribution in [2.75, 3.05) is 7.11 Å². The van der Waals surface area contributed by atoms with Crippen LogP contribution in [-0.4, -0.2) is 18.4 Å². The number of halogens is 1. The monoisotopic (exact) mass is 247 g/mol. The summed E-state index contributed by atoms with van der Waals surface area (Å²) in [6.07, 6.45) is 2.42. The minimum Gasteiger partial charge on any atom is -0.493 e. The van der Waals surface area contributed by atoms with Crippen LogP contribution in [-0.2, 0) is 0 Å². The zero-order chi connectivity index (χ0) is 12.3. The molecule has 17 heavy (non-hydrogen) atoms. The van der Waals surface area contributed by atoms with E-state index in [1.807, 2.05) is 18.2 Å². The van der Waals surface area contributed by atoms with E-state index in [0.717, 1.165) is 17.4 Å². The summed E-state index contributed by atoms with van der Waals surface area (Å²) in [5.74, 6) is 0.535. The Hall–Kier alpha value is -1.87. The lowest BCUT2D eigenvalue weighted by atomic mass is 10.0. The molecule has 2 rings (SSSR count). The number of rotatable bonds is 3. The molecule has 3 nitrogen and oxygen atoms in total. The number of aldehydes is 1. The molecule has 0 bridgehead atoms. The van der Waals surface area contributed by atoms with Gasteiger partial charge in [0.1, 0.15) is 6.29 Å². The van der Waals surface area contributed by atoms with Crippen LogP contribution in [0.1, 0.15) is 10.4 Å². The maximum Gasteiger partial charge on any atom is 0.171 e. The third-order valence-electron chi connectivity index (χ3n) is 2.42. The van der Waals surface area contributed by atoms with Crippen molar-refractivity contribution < 1.29 is 9.53 Å². The van der Waals surface area contributed by atoms with Crippen LogP contribution in [0.3, 0.4) is 0 Å². The van der Waals surface area contributed by atoms with Gasteiger partial charge in [-0.05, 0) is 11.6 Å². The summed E-state index contributed by atoms with van der Waals surface area (Å²) in [6.45, 7) is 0. The summed E-state index contributed by atoms with van der Waals surface area (Å²) in [5, 5.41) is 0.324. The Morgan fingerprint density at radius 1 is 1.24 bits per heavy atom. The highest BCUT2D eigenvalue weighted by Gasteiger charge is 2.10. The molecular weight excluding hydrogens is 238 g/mol. The Balaban J connectivity index is 2.52. The van der Waals surface area contributed by atoms with Gasteiger partial charge in [-0.1, -0.05) is 35.9 Å². The lowest BCUT2D eigenvalue weighted by molar-refractivity contribution is 0.112. The zero-order valence-corrected chi connectivity index (χ0v) is 9.94. The van der Waals surface area contributed by atoms with Crippen molar-refractivity contribution in [3.8, 4) is 16.9 Å². The van der Waals surface area contributed by atoms with Crippen LogP contribution in [0.15, 0.2) is 36.5 Å². The number of ether oxygens (including phenoxy) is 1. The summed E-state index contributed by atoms with van der Waals surface area (Å²) < 4.78 is 5.22. The number of benzene rings is 1. The molecule has 0 N–H and O–H groups in total. The molecule has 86 valence electrons. The fourth-order valence-corrected chi connectivity index (χ4v) is 1.82. The average molecular weight is 248 g/mol. The Kier molecular flexibility index (Phi) is 3.40. The molecular formula is C13H10ClNO2. The van der Waals surface area contributed by atoms with Crippen LogP contribution in [0.5, 0.6) is 5.75 Å². The first-order chi connectivity index (χ1) is 8.26. The fourth-order valence-electron chi connectivity index (χ4n) is 1.59. The molecule has 0 saturated heterocycles. The van der Waals surface area contributed by atoms with Crippen molar-refractivity contribution in [3.63, 3.8) is 0 Å². The van der Waals surface area contributed by atoms with Crippen LogP contribution < -0.4 is 4.74 Å². The predicted octanol–water partition coefficient (Wildman–Crippen LogP) is 3.22. The molecule has 0 aliphatic heterocycles. The number of hydrogen-bond donors (Lipinski definition) is 0. The third-order valence-corrected chi connectivity index (χ3v) is 2.69. The average Bonchev–Trinajstić information content (AvgIpc) is 2.38. The fraction of sp³-hybridized carbons (Fsp3) is 0.0769. The van der Waals surface area contributed by atoms with Crippen LogP contribution >= 0.6 is 11.6 Å². The van der Waals surface area contributed by atoms with Gasteiger partial charge in [-0.2, -0.15) is 0 Å². The van der Waals surface area contributed by atoms with Gasteiger partial charge in [0.15, 0.2) is 10.9 Å². The largest absolute Gasteiger partial charge is 0.493 e. The molecule has 0 spiro atoms. The summed E-state index contributed by atoms with van der Waals surface area (Å²) in [4.78, 5) is 14.5. The summed E-state index contributed by atoms with van der Waals surface area (Å²) in [6, 6.07) is 9.00. The Bertz CT molecular complexity index is 538. The van der Waals surface area contributed by atoms with Crippen molar-refractivity contribution in [1.29, 1.82) is 0 Å². The van der Waals surface area contributed by atoms with Crippen LogP contribution in [0, 0.1) is 0 Å². The molecule has 1 aromatic heterocycles. The van der Waals surface area contributed by atoms with Gasteiger partial charge in [-0.25, -0.2) is 4.98 Å². The van der Waals surface area contributed by atoms with Gasteiger partial charge in [0.25, 0.3) is 0 Å². The van der Waals surface area contributed by atoms with Crippen LogP contribution in [0.4, 0.5) is 0 Å². The molecule has 0 aliphatic carbocycles. The van der Waals surface area contributed by atoms with Gasteiger partial charge in [-0.15, -0.1) is 0 Å². The lowest BCUT2D eigenvalue weighted by Gasteiger charge is -2.09. The van der Waals surface area contributed by atoms with Crippen LogP contribution in [0.2, 0.25) is 5.15 Å². The number of carbonyl (C=O) groups excluding carboxylic acids is 1. The van der Waals surface area contributed by atoms with E-state index in [2.05, 4.69) is 4.98 Å². The van der Waals surface area contributed by atoms with Gasteiger partial charge in [0.2, 0.25) is 0 Å². The molecule has 0 fully saturated rings. The molecule has 1 heterocycles. The highest BCUT2D eigenvalue weighted by atomic mass is 35.5. The van der Waals surface area contributed by atoms with Crippen molar-refractivity contribution in [2.45, 2.75) is 0 Å². The molecule has 0 atom stereocenters. The first-order valence-corrected chi connectivity index (χ1v) is 5.38. The van der Waals surface area contributed by atoms with E-state index in [9.17, 15) is 4.79 Å². The maximum absolute atomic E-state index is 10.6. The second-order valence-electron chi connectivity index (χ2n) is 3.42. The van der Waals surface area contributed by atoms with Crippen LogP contribution in [0.25, 0.3) is 11.1 Å². The van der Waals surface area contributed by atoms with Gasteiger partial charge < -0.3 is 4.74 Å². The van der Waals surface area contributed by atoms with E-state index in [1.54, 1.807) is 25.4 Å². The number of methoxy groups -OCH3 is 1. The van der Waals surface area contributed by atoms with E-state index in [0.29, 0.717) is 16.5 Å². The Labute approximate surface area is 104 Å². The van der Waals surface area contributed by atoms with Crippen molar-refractivity contribution >= 4 is 17.9 Å². The third kappa shape index (κ3) is 2.29. The second kappa shape index (κ2) is 4.97. The molecule has 0 aliphatic rings. The topological polar surface area (TPSA) is 39.2 Å². The number of aromatic nitrogens is 1. The second-order valence-corrected chi connectivity index (χ2v) is 3.78. The number of carbonyl (C=O) groups is 1. The molecule has 0 radical (unpaired) electrons. The van der Waals surface area contributed by atoms with E-state index in [4.69, 9.17) is 16.3 Å². The SMILES string of the molecule is COc1c(-c2ccc(C=O)cc2)ccnc1Cl. The predicted molar refractivity (Wildman–Crippen MR) is 66.6 cm³/mol. The van der Waals surface area contributed by atoms with Gasteiger partial charge in [-0.3, -0.25) is 4.79 Å². The Morgan fingerprint density at radius 2 is 1.94 bits per heavy atom. The zero-order valence-electron chi connectivity index (χ0n) is 9.18. The highest BCUT2D eigenvalue weighted by molar-refractivity contribution is 6.31. The van der Waals surface area contributed by atoms with E-state index < -0.39 is 0 Å². The van der Waals surface area contributed by atoms with Gasteiger partial charge in [0, 0.05) is 17.3 Å². The minimum absolute atomic E-state index is 0.324. The van der Waals surface area contributed by atoms with E-state index >= 15 is 0 Å². The number of pyridine rings is 1. The standard InChI is InChI=1S/C13H10ClNO2/c1-17-12-11(6-7-15-13(12)14)10-4-2-9(8-16)3-5-10/h2-8H,1H3. The van der Waals surface area contributed by atoms with Gasteiger partial charge in [0.05, 0.1) is 7.11 Å². The van der Waals surface area contributed by atoms with E-state index in [1.165, 1.54) is 0 Å². The first-order valence-electron chi connectivity index (χ1n) is 5.00. The van der Waals surface area contributed by atoms with Crippen molar-refractivity contribution in [3.05, 3.63) is 47.2 Å². The quantitative estimate of drug-likeness (QED) is 0.618. The normalized spacial score (nSPS) is 10.0. The Morgan fingerprint density at radius 3 is 2.53 bits per heavy atom. The smallest absolute Gasteiger partial charge is 0.171 e.